The predicted octanol–water partition coefficient (Wildman–Crippen LogP) is 4.72. The first kappa shape index (κ1) is 23.5. The summed E-state index contributed by atoms with van der Waals surface area (Å²) in [6.07, 6.45) is 10.8. The van der Waals surface area contributed by atoms with Gasteiger partial charge in [-0.3, -0.25) is 10.1 Å². The molecule has 2 aliphatic rings. The fraction of sp³-hybridized carbons (Fsp3) is 0.818. The highest BCUT2D eigenvalue weighted by molar-refractivity contribution is 5.81. The highest BCUT2D eigenvalue weighted by Crippen LogP contribution is 2.35. The van der Waals surface area contributed by atoms with Gasteiger partial charge >= 0.3 is 12.1 Å². The van der Waals surface area contributed by atoms with Crippen LogP contribution in [0.2, 0.25) is 0 Å². The van der Waals surface area contributed by atoms with Crippen molar-refractivity contribution >= 4 is 12.1 Å². The molecule has 7 heteroatoms. The Hall–Kier alpha value is -1.76. The van der Waals surface area contributed by atoms with Crippen molar-refractivity contribution in [2.45, 2.75) is 97.2 Å². The Bertz CT molecular complexity index is 591. The third-order valence-electron chi connectivity index (χ3n) is 6.14. The van der Waals surface area contributed by atoms with E-state index in [9.17, 15) is 14.8 Å². The van der Waals surface area contributed by atoms with Crippen LogP contribution in [0.5, 0.6) is 0 Å². The van der Waals surface area contributed by atoms with Gasteiger partial charge in [-0.25, -0.2) is 9.59 Å². The van der Waals surface area contributed by atoms with Crippen LogP contribution in [-0.4, -0.2) is 63.5 Å². The van der Waals surface area contributed by atoms with E-state index < -0.39 is 17.7 Å². The molecule has 1 aliphatic heterocycles. The molecule has 1 heterocycles. The van der Waals surface area contributed by atoms with Crippen molar-refractivity contribution in [1.29, 1.82) is 0 Å². The molecule has 2 N–H and O–H groups in total. The van der Waals surface area contributed by atoms with Gasteiger partial charge in [0, 0.05) is 19.6 Å². The van der Waals surface area contributed by atoms with E-state index in [-0.39, 0.29) is 6.03 Å². The van der Waals surface area contributed by atoms with Crippen molar-refractivity contribution < 1.29 is 14.8 Å². The molecular weight excluding hydrogens is 368 g/mol. The van der Waals surface area contributed by atoms with Gasteiger partial charge in [-0.05, 0) is 58.8 Å². The van der Waals surface area contributed by atoms with E-state index in [0.29, 0.717) is 19.6 Å². The summed E-state index contributed by atoms with van der Waals surface area (Å²) in [5.74, 6) is 0. The Morgan fingerprint density at radius 1 is 1.24 bits per heavy atom. The molecule has 166 valence electrons. The zero-order chi connectivity index (χ0) is 21.4. The summed E-state index contributed by atoms with van der Waals surface area (Å²) < 4.78 is 0. The minimum atomic E-state index is -0.705. The van der Waals surface area contributed by atoms with E-state index >= 15 is 0 Å². The summed E-state index contributed by atoms with van der Waals surface area (Å²) in [5.41, 5.74) is 0.734. The van der Waals surface area contributed by atoms with E-state index in [1.807, 2.05) is 25.7 Å². The first-order valence-electron chi connectivity index (χ1n) is 11.4. The van der Waals surface area contributed by atoms with Crippen LogP contribution < -0.4 is 5.32 Å². The number of hydrogen-bond donors (Lipinski definition) is 2. The molecular formula is C22H40N4O3. The Balaban J connectivity index is 2.15. The lowest BCUT2D eigenvalue weighted by Gasteiger charge is -2.38. The number of carbonyl (C=O) groups excluding carboxylic acids is 2. The van der Waals surface area contributed by atoms with Crippen molar-refractivity contribution in [2.75, 3.05) is 19.6 Å². The van der Waals surface area contributed by atoms with Crippen LogP contribution in [-0.2, 0) is 0 Å². The van der Waals surface area contributed by atoms with Crippen LogP contribution in [0.15, 0.2) is 11.6 Å². The third-order valence-corrected chi connectivity index (χ3v) is 6.14. The summed E-state index contributed by atoms with van der Waals surface area (Å²) >= 11 is 0. The van der Waals surface area contributed by atoms with E-state index in [1.54, 1.807) is 4.90 Å². The van der Waals surface area contributed by atoms with Crippen LogP contribution in [0.25, 0.3) is 0 Å². The second-order valence-corrected chi connectivity index (χ2v) is 8.80. The zero-order valence-electron chi connectivity index (χ0n) is 18.7. The smallest absolute Gasteiger partial charge is 0.336 e. The second-order valence-electron chi connectivity index (χ2n) is 8.80. The van der Waals surface area contributed by atoms with Crippen LogP contribution in [0.3, 0.4) is 0 Å². The molecule has 0 bridgehead atoms. The molecule has 1 atom stereocenters. The van der Waals surface area contributed by atoms with Crippen molar-refractivity contribution in [3.05, 3.63) is 11.6 Å². The Morgan fingerprint density at radius 3 is 2.59 bits per heavy atom. The average Bonchev–Trinajstić information content (AvgIpc) is 2.89. The molecule has 0 aromatic rings. The SMILES string of the molecule is CCCCNC(=O)N(O)C1N(CCCC)C(=O)N(CCC2=CCCCC2)C1(C)C. The van der Waals surface area contributed by atoms with Crippen LogP contribution in [0.4, 0.5) is 9.59 Å². The van der Waals surface area contributed by atoms with Crippen molar-refractivity contribution in [3.63, 3.8) is 0 Å². The van der Waals surface area contributed by atoms with Gasteiger partial charge in [-0.1, -0.05) is 38.3 Å². The highest BCUT2D eigenvalue weighted by Gasteiger charge is 2.54. The molecule has 1 aliphatic carbocycles. The number of nitrogens with one attached hydrogen (secondary N) is 1. The number of nitrogens with zero attached hydrogens (tertiary/aromatic N) is 3. The Labute approximate surface area is 176 Å². The maximum absolute atomic E-state index is 13.3. The van der Waals surface area contributed by atoms with Crippen LogP contribution in [0.1, 0.15) is 85.5 Å². The quantitative estimate of drug-likeness (QED) is 0.238. The Kier molecular flexibility index (Phi) is 8.80. The summed E-state index contributed by atoms with van der Waals surface area (Å²) in [5, 5.41) is 14.3. The number of rotatable bonds is 10. The number of urea groups is 2. The molecule has 0 saturated carbocycles. The minimum absolute atomic E-state index is 0.0923. The summed E-state index contributed by atoms with van der Waals surface area (Å²) in [6.45, 7) is 9.67. The molecule has 0 radical (unpaired) electrons. The van der Waals surface area contributed by atoms with E-state index in [4.69, 9.17) is 0 Å². The topological polar surface area (TPSA) is 76.1 Å². The summed E-state index contributed by atoms with van der Waals surface area (Å²) in [7, 11) is 0. The van der Waals surface area contributed by atoms with Crippen molar-refractivity contribution in [2.24, 2.45) is 0 Å². The molecule has 0 aromatic heterocycles. The van der Waals surface area contributed by atoms with Gasteiger partial charge in [-0.2, -0.15) is 5.06 Å². The van der Waals surface area contributed by atoms with Gasteiger partial charge in [0.1, 0.15) is 0 Å². The largest absolute Gasteiger partial charge is 0.343 e. The van der Waals surface area contributed by atoms with Crippen LogP contribution in [0, 0.1) is 0 Å². The molecule has 4 amide bonds. The van der Waals surface area contributed by atoms with E-state index in [0.717, 1.165) is 50.0 Å². The van der Waals surface area contributed by atoms with E-state index in [2.05, 4.69) is 18.3 Å². The maximum Gasteiger partial charge on any atom is 0.343 e. The van der Waals surface area contributed by atoms with Gasteiger partial charge in [0.15, 0.2) is 6.17 Å². The lowest BCUT2D eigenvalue weighted by atomic mass is 9.95. The first-order chi connectivity index (χ1) is 13.8. The van der Waals surface area contributed by atoms with Gasteiger partial charge < -0.3 is 10.2 Å². The molecule has 1 fully saturated rings. The third kappa shape index (κ3) is 5.65. The van der Waals surface area contributed by atoms with Gasteiger partial charge in [0.25, 0.3) is 0 Å². The van der Waals surface area contributed by atoms with E-state index in [1.165, 1.54) is 18.4 Å². The first-order valence-corrected chi connectivity index (χ1v) is 11.4. The van der Waals surface area contributed by atoms with Gasteiger partial charge in [0.2, 0.25) is 0 Å². The number of unbranched alkanes of at least 4 members (excludes halogenated alkanes) is 2. The average molecular weight is 409 g/mol. The summed E-state index contributed by atoms with van der Waals surface area (Å²) in [6, 6.07) is -0.632. The number of allylic oxidation sites excluding steroid dienone is 1. The molecule has 7 nitrogen and oxygen atoms in total. The normalized spacial score (nSPS) is 21.3. The summed E-state index contributed by atoms with van der Waals surface area (Å²) in [4.78, 5) is 29.3. The predicted molar refractivity (Wildman–Crippen MR) is 115 cm³/mol. The minimum Gasteiger partial charge on any atom is -0.336 e. The lowest BCUT2D eigenvalue weighted by molar-refractivity contribution is -0.133. The number of amides is 4. The Morgan fingerprint density at radius 2 is 1.97 bits per heavy atom. The maximum atomic E-state index is 13.3. The van der Waals surface area contributed by atoms with Crippen LogP contribution >= 0.6 is 0 Å². The van der Waals surface area contributed by atoms with Gasteiger partial charge in [0.05, 0.1) is 5.54 Å². The molecule has 2 rings (SSSR count). The number of carbonyl (C=O) groups is 2. The van der Waals surface area contributed by atoms with Crippen molar-refractivity contribution in [3.8, 4) is 0 Å². The monoisotopic (exact) mass is 408 g/mol. The second kappa shape index (κ2) is 10.9. The number of hydrogen-bond acceptors (Lipinski definition) is 3. The zero-order valence-corrected chi connectivity index (χ0v) is 18.7. The molecule has 1 saturated heterocycles. The fourth-order valence-corrected chi connectivity index (χ4v) is 4.34. The fourth-order valence-electron chi connectivity index (χ4n) is 4.34. The molecule has 29 heavy (non-hydrogen) atoms. The standard InChI is InChI=1S/C22H40N4O3/c1-5-7-15-23-20(27)26(29)19-22(3,4)25(21(28)24(19)16-8-6-2)17-14-18-12-10-9-11-13-18/h12,19,29H,5-11,13-17H2,1-4H3,(H,23,27). The van der Waals surface area contributed by atoms with Crippen molar-refractivity contribution in [1.82, 2.24) is 20.2 Å². The molecule has 1 unspecified atom stereocenters. The molecule has 0 aromatic carbocycles. The lowest BCUT2D eigenvalue weighted by Crippen LogP contribution is -2.59. The van der Waals surface area contributed by atoms with Gasteiger partial charge in [-0.15, -0.1) is 0 Å². The highest BCUT2D eigenvalue weighted by atomic mass is 16.5. The number of hydroxylamine groups is 2. The molecule has 0 spiro atoms.